The SMILES string of the molecule is Cc1nc2cncc(C#Cc3cncc(C(=O)Nc4ccc(CN5CC[C@H](N(C)C)C5)c(C(F)(F)F)c4)c3)c2nc1C. The topological polar surface area (TPSA) is 87.1 Å². The summed E-state index contributed by atoms with van der Waals surface area (Å²) in [6.45, 7) is 5.36. The Morgan fingerprint density at radius 1 is 1.05 bits per heavy atom. The Bertz CT molecular complexity index is 1710. The molecule has 4 aromatic rings. The Morgan fingerprint density at radius 3 is 2.55 bits per heavy atom. The van der Waals surface area contributed by atoms with Gasteiger partial charge in [0.15, 0.2) is 0 Å². The minimum atomic E-state index is -4.56. The smallest absolute Gasteiger partial charge is 0.322 e. The standard InChI is InChI=1S/C31H30F3N7O/c1-19-20(2)38-29-22(14-36-16-28(29)37-19)6-5-21-11-24(15-35-13-21)30(42)39-25-8-7-23(27(12-25)31(32,33)34)17-41-10-9-26(18-41)40(3)4/h7-8,11-16,26H,9-10,17-18H2,1-4H3,(H,39,42)/t26-/m0/s1. The van der Waals surface area contributed by atoms with Gasteiger partial charge in [-0.3, -0.25) is 19.7 Å². The van der Waals surface area contributed by atoms with Crippen molar-refractivity contribution in [1.82, 2.24) is 29.7 Å². The third-order valence-electron chi connectivity index (χ3n) is 7.38. The van der Waals surface area contributed by atoms with Crippen molar-refractivity contribution in [2.45, 2.75) is 39.0 Å². The zero-order chi connectivity index (χ0) is 30.0. The first-order valence-electron chi connectivity index (χ1n) is 13.4. The number of rotatable bonds is 5. The number of amides is 1. The maximum atomic E-state index is 14.0. The summed E-state index contributed by atoms with van der Waals surface area (Å²) in [5.41, 5.74) is 3.48. The molecule has 1 aliphatic heterocycles. The van der Waals surface area contributed by atoms with E-state index < -0.39 is 17.6 Å². The fourth-order valence-corrected chi connectivity index (χ4v) is 4.89. The number of hydrogen-bond donors (Lipinski definition) is 1. The molecular weight excluding hydrogens is 543 g/mol. The molecule has 1 amide bonds. The van der Waals surface area contributed by atoms with Crippen LogP contribution in [0.1, 0.15) is 50.4 Å². The molecule has 11 heteroatoms. The second-order valence-electron chi connectivity index (χ2n) is 10.6. The molecule has 0 bridgehead atoms. The van der Waals surface area contributed by atoms with Crippen molar-refractivity contribution in [3.8, 4) is 11.8 Å². The van der Waals surface area contributed by atoms with E-state index in [0.29, 0.717) is 34.7 Å². The summed E-state index contributed by atoms with van der Waals surface area (Å²) >= 11 is 0. The number of nitrogens with one attached hydrogen (secondary N) is 1. The lowest BCUT2D eigenvalue weighted by Crippen LogP contribution is -2.31. The van der Waals surface area contributed by atoms with Crippen molar-refractivity contribution in [3.05, 3.63) is 88.3 Å². The van der Waals surface area contributed by atoms with E-state index in [1.165, 1.54) is 30.6 Å². The van der Waals surface area contributed by atoms with Crippen molar-refractivity contribution in [2.24, 2.45) is 0 Å². The van der Waals surface area contributed by atoms with Crippen molar-refractivity contribution < 1.29 is 18.0 Å². The van der Waals surface area contributed by atoms with Gasteiger partial charge in [-0.1, -0.05) is 17.9 Å². The molecule has 1 atom stereocenters. The molecule has 42 heavy (non-hydrogen) atoms. The van der Waals surface area contributed by atoms with Crippen LogP contribution in [0, 0.1) is 25.7 Å². The highest BCUT2D eigenvalue weighted by Crippen LogP contribution is 2.35. The van der Waals surface area contributed by atoms with E-state index in [-0.39, 0.29) is 23.4 Å². The monoisotopic (exact) mass is 573 g/mol. The molecule has 1 N–H and O–H groups in total. The average molecular weight is 574 g/mol. The van der Waals surface area contributed by atoms with Crippen LogP contribution in [0.2, 0.25) is 0 Å². The quantitative estimate of drug-likeness (QED) is 0.342. The van der Waals surface area contributed by atoms with Gasteiger partial charge in [0.05, 0.1) is 34.3 Å². The summed E-state index contributed by atoms with van der Waals surface area (Å²) in [6.07, 6.45) is 2.40. The molecule has 1 aliphatic rings. The normalized spacial score (nSPS) is 15.6. The summed E-state index contributed by atoms with van der Waals surface area (Å²) in [5.74, 6) is 5.39. The van der Waals surface area contributed by atoms with Crippen molar-refractivity contribution in [1.29, 1.82) is 0 Å². The summed E-state index contributed by atoms with van der Waals surface area (Å²) < 4.78 is 42.0. The average Bonchev–Trinajstić information content (AvgIpc) is 3.42. The highest BCUT2D eigenvalue weighted by atomic mass is 19.4. The van der Waals surface area contributed by atoms with Gasteiger partial charge in [-0.15, -0.1) is 0 Å². The van der Waals surface area contributed by atoms with Gasteiger partial charge in [-0.05, 0) is 58.1 Å². The lowest BCUT2D eigenvalue weighted by Gasteiger charge is -2.22. The first-order chi connectivity index (χ1) is 20.0. The Morgan fingerprint density at radius 2 is 1.81 bits per heavy atom. The first kappa shape index (κ1) is 29.1. The van der Waals surface area contributed by atoms with Gasteiger partial charge < -0.3 is 10.2 Å². The summed E-state index contributed by atoms with van der Waals surface area (Å²) in [7, 11) is 3.95. The first-order valence-corrected chi connectivity index (χ1v) is 13.4. The van der Waals surface area contributed by atoms with Crippen LogP contribution in [0.15, 0.2) is 49.1 Å². The van der Waals surface area contributed by atoms with Gasteiger partial charge in [0, 0.05) is 55.5 Å². The largest absolute Gasteiger partial charge is 0.416 e. The van der Waals surface area contributed by atoms with Gasteiger partial charge in [-0.2, -0.15) is 13.2 Å². The molecule has 1 saturated heterocycles. The number of benzene rings is 1. The van der Waals surface area contributed by atoms with E-state index in [1.807, 2.05) is 32.8 Å². The second-order valence-corrected chi connectivity index (χ2v) is 10.6. The number of hydrogen-bond acceptors (Lipinski definition) is 7. The number of halogens is 3. The molecule has 4 heterocycles. The molecule has 3 aromatic heterocycles. The number of likely N-dealkylation sites (N-methyl/N-ethyl adjacent to an activating group) is 1. The van der Waals surface area contributed by atoms with Crippen LogP contribution in [0.3, 0.4) is 0 Å². The molecule has 0 radical (unpaired) electrons. The van der Waals surface area contributed by atoms with Crippen molar-refractivity contribution in [2.75, 3.05) is 32.5 Å². The van der Waals surface area contributed by atoms with E-state index in [4.69, 9.17) is 0 Å². The number of carbonyl (C=O) groups excluding carboxylic acids is 1. The number of anilines is 1. The molecule has 1 fully saturated rings. The summed E-state index contributed by atoms with van der Waals surface area (Å²) in [5, 5.41) is 2.57. The van der Waals surface area contributed by atoms with E-state index in [2.05, 4.69) is 42.0 Å². The Kier molecular flexibility index (Phi) is 8.20. The van der Waals surface area contributed by atoms with Gasteiger partial charge in [0.2, 0.25) is 0 Å². The predicted molar refractivity (Wildman–Crippen MR) is 154 cm³/mol. The molecule has 0 aliphatic carbocycles. The third kappa shape index (κ3) is 6.56. The lowest BCUT2D eigenvalue weighted by atomic mass is 10.0. The molecule has 0 saturated carbocycles. The molecule has 1 aromatic carbocycles. The number of nitrogens with zero attached hydrogens (tertiary/aromatic N) is 6. The van der Waals surface area contributed by atoms with Gasteiger partial charge >= 0.3 is 6.18 Å². The van der Waals surface area contributed by atoms with E-state index in [9.17, 15) is 18.0 Å². The number of alkyl halides is 3. The number of carbonyl (C=O) groups is 1. The van der Waals surface area contributed by atoms with Crippen molar-refractivity contribution in [3.63, 3.8) is 0 Å². The maximum absolute atomic E-state index is 14.0. The fraction of sp³-hybridized carbons (Fsp3) is 0.323. The van der Waals surface area contributed by atoms with Crippen molar-refractivity contribution >= 4 is 22.6 Å². The molecule has 216 valence electrons. The Hall–Kier alpha value is -4.40. The number of fused-ring (bicyclic) bond motifs is 1. The van der Waals surface area contributed by atoms with Crippen LogP contribution >= 0.6 is 0 Å². The minimum absolute atomic E-state index is 0.0474. The van der Waals surface area contributed by atoms with Gasteiger partial charge in [-0.25, -0.2) is 9.97 Å². The maximum Gasteiger partial charge on any atom is 0.416 e. The van der Waals surface area contributed by atoms with Crippen LogP contribution in [-0.2, 0) is 12.7 Å². The second kappa shape index (κ2) is 11.8. The van der Waals surface area contributed by atoms with E-state index in [0.717, 1.165) is 30.4 Å². The highest BCUT2D eigenvalue weighted by molar-refractivity contribution is 6.04. The molecule has 0 unspecified atom stereocenters. The molecule has 5 rings (SSSR count). The summed E-state index contributed by atoms with van der Waals surface area (Å²) in [4.78, 5) is 34.5. The molecule has 8 nitrogen and oxygen atoms in total. The third-order valence-corrected chi connectivity index (χ3v) is 7.38. The predicted octanol–water partition coefficient (Wildman–Crippen LogP) is 4.84. The van der Waals surface area contributed by atoms with E-state index in [1.54, 1.807) is 12.4 Å². The summed E-state index contributed by atoms with van der Waals surface area (Å²) in [6, 6.07) is 5.77. The fourth-order valence-electron chi connectivity index (χ4n) is 4.89. The minimum Gasteiger partial charge on any atom is -0.322 e. The Balaban J connectivity index is 1.34. The lowest BCUT2D eigenvalue weighted by molar-refractivity contribution is -0.138. The van der Waals surface area contributed by atoms with Crippen LogP contribution in [0.25, 0.3) is 11.0 Å². The van der Waals surface area contributed by atoms with Crippen LogP contribution in [0.4, 0.5) is 18.9 Å². The zero-order valence-electron chi connectivity index (χ0n) is 23.8. The number of aryl methyl sites for hydroxylation is 2. The van der Waals surface area contributed by atoms with Gasteiger partial charge in [0.25, 0.3) is 5.91 Å². The van der Waals surface area contributed by atoms with Crippen LogP contribution < -0.4 is 5.32 Å². The number of aromatic nitrogens is 4. The van der Waals surface area contributed by atoms with E-state index >= 15 is 0 Å². The number of likely N-dealkylation sites (tertiary alicyclic amines) is 1. The molecular formula is C31H30F3N7O. The zero-order valence-corrected chi connectivity index (χ0v) is 23.8. The number of pyridine rings is 2. The van der Waals surface area contributed by atoms with Gasteiger partial charge in [0.1, 0.15) is 11.0 Å². The highest BCUT2D eigenvalue weighted by Gasteiger charge is 2.35. The molecule has 0 spiro atoms. The van der Waals surface area contributed by atoms with Crippen LogP contribution in [-0.4, -0.2) is 68.9 Å². The Labute approximate surface area is 242 Å². The van der Waals surface area contributed by atoms with Crippen LogP contribution in [0.5, 0.6) is 0 Å².